The number of imidazole rings is 1. The van der Waals surface area contributed by atoms with E-state index in [-0.39, 0.29) is 30.7 Å². The van der Waals surface area contributed by atoms with Gasteiger partial charge in [0.2, 0.25) is 10.0 Å². The van der Waals surface area contributed by atoms with E-state index >= 15 is 0 Å². The molecule has 2 amide bonds. The predicted octanol–water partition coefficient (Wildman–Crippen LogP) is 3.64. The van der Waals surface area contributed by atoms with Crippen molar-refractivity contribution in [3.63, 3.8) is 0 Å². The lowest BCUT2D eigenvalue weighted by Crippen LogP contribution is -2.58. The van der Waals surface area contributed by atoms with Crippen LogP contribution in [0, 0.1) is 0 Å². The minimum absolute atomic E-state index is 0.0344. The highest BCUT2D eigenvalue weighted by Gasteiger charge is 2.40. The summed E-state index contributed by atoms with van der Waals surface area (Å²) in [5.41, 5.74) is 0.612. The number of aromatic nitrogens is 2. The number of piperazine rings is 1. The average Bonchev–Trinajstić information content (AvgIpc) is 3.39. The second-order valence-electron chi connectivity index (χ2n) is 13.1. The van der Waals surface area contributed by atoms with Crippen LogP contribution in [0.4, 0.5) is 4.79 Å². The first-order valence-electron chi connectivity index (χ1n) is 15.3. The van der Waals surface area contributed by atoms with Crippen LogP contribution >= 0.6 is 0 Å². The average molecular weight is 638 g/mol. The van der Waals surface area contributed by atoms with Crippen molar-refractivity contribution in [2.24, 2.45) is 0 Å². The van der Waals surface area contributed by atoms with Crippen LogP contribution in [0.1, 0.15) is 49.7 Å². The number of ether oxygens (including phenoxy) is 1. The van der Waals surface area contributed by atoms with Crippen LogP contribution < -0.4 is 0 Å². The molecule has 2 atom stereocenters. The van der Waals surface area contributed by atoms with Crippen LogP contribution in [-0.4, -0.2) is 105 Å². The number of rotatable bonds is 7. The number of piperidine rings is 1. The highest BCUT2D eigenvalue weighted by molar-refractivity contribution is 7.88. The second kappa shape index (κ2) is 12.9. The zero-order chi connectivity index (χ0) is 32.4. The van der Waals surface area contributed by atoms with Crippen LogP contribution in [-0.2, 0) is 27.7 Å². The minimum atomic E-state index is -3.48. The van der Waals surface area contributed by atoms with Gasteiger partial charge in [-0.1, -0.05) is 60.7 Å². The molecule has 0 saturated carbocycles. The number of benzene rings is 2. The van der Waals surface area contributed by atoms with Crippen molar-refractivity contribution in [2.75, 3.05) is 39.0 Å². The number of hydrogen-bond donors (Lipinski definition) is 1. The Morgan fingerprint density at radius 2 is 1.69 bits per heavy atom. The molecule has 2 aliphatic rings. The summed E-state index contributed by atoms with van der Waals surface area (Å²) in [5, 5.41) is 11.6. The molecule has 2 fully saturated rings. The Morgan fingerprint density at radius 1 is 1.02 bits per heavy atom. The van der Waals surface area contributed by atoms with Gasteiger partial charge in [0.15, 0.2) is 5.69 Å². The summed E-state index contributed by atoms with van der Waals surface area (Å²) in [5.74, 6) is -0.272. The van der Waals surface area contributed by atoms with Gasteiger partial charge in [0, 0.05) is 38.3 Å². The summed E-state index contributed by atoms with van der Waals surface area (Å²) in [6.07, 6.45) is 3.76. The molecule has 2 aliphatic heterocycles. The summed E-state index contributed by atoms with van der Waals surface area (Å²) in [6.45, 7) is 6.80. The summed E-state index contributed by atoms with van der Waals surface area (Å²) < 4.78 is 33.3. The van der Waals surface area contributed by atoms with E-state index in [1.54, 1.807) is 20.7 Å². The molecule has 1 aromatic heterocycles. The largest absolute Gasteiger partial charge is 0.444 e. The third kappa shape index (κ3) is 7.92. The number of hydrogen-bond acceptors (Lipinski definition) is 7. The molecule has 0 bridgehead atoms. The van der Waals surface area contributed by atoms with Crippen molar-refractivity contribution >= 4 is 22.0 Å². The molecule has 45 heavy (non-hydrogen) atoms. The van der Waals surface area contributed by atoms with Gasteiger partial charge in [-0.3, -0.25) is 4.79 Å². The molecule has 5 rings (SSSR count). The Morgan fingerprint density at radius 3 is 2.33 bits per heavy atom. The zero-order valence-corrected chi connectivity index (χ0v) is 27.2. The third-order valence-electron chi connectivity index (χ3n) is 8.25. The summed E-state index contributed by atoms with van der Waals surface area (Å²) in [6, 6.07) is 18.9. The van der Waals surface area contributed by atoms with Gasteiger partial charge in [0.05, 0.1) is 36.5 Å². The van der Waals surface area contributed by atoms with E-state index in [0.29, 0.717) is 51.1 Å². The lowest BCUT2D eigenvalue weighted by atomic mass is 9.93. The van der Waals surface area contributed by atoms with E-state index in [2.05, 4.69) is 4.98 Å². The molecule has 0 aliphatic carbocycles. The smallest absolute Gasteiger partial charge is 0.410 e. The normalized spacial score (nSPS) is 21.5. The fourth-order valence-corrected chi connectivity index (χ4v) is 7.10. The molecule has 1 N–H and O–H groups in total. The SMILES string of the molecule is CC(C)(C)OC(=O)N1CCN(C(=O)c2ncn(CC3(O)CCCN(S(C)(=O)=O)C3)c2-c2ccccc2)[C@H](Cc2ccccc2)C1. The Labute approximate surface area is 265 Å². The van der Waals surface area contributed by atoms with E-state index in [0.717, 1.165) is 17.4 Å². The molecule has 3 heterocycles. The van der Waals surface area contributed by atoms with Gasteiger partial charge in [-0.05, 0) is 45.6 Å². The highest BCUT2D eigenvalue weighted by atomic mass is 32.2. The van der Waals surface area contributed by atoms with Crippen LogP contribution in [0.3, 0.4) is 0 Å². The summed E-state index contributed by atoms with van der Waals surface area (Å²) in [4.78, 5) is 35.5. The van der Waals surface area contributed by atoms with Crippen molar-refractivity contribution < 1.29 is 27.9 Å². The van der Waals surface area contributed by atoms with E-state index in [1.165, 1.54) is 4.31 Å². The van der Waals surface area contributed by atoms with Crippen molar-refractivity contribution in [3.8, 4) is 11.3 Å². The van der Waals surface area contributed by atoms with E-state index in [1.807, 2.05) is 81.4 Å². The maximum absolute atomic E-state index is 14.4. The quantitative estimate of drug-likeness (QED) is 0.420. The molecule has 11 nitrogen and oxygen atoms in total. The Bertz CT molecular complexity index is 1610. The molecular weight excluding hydrogens is 594 g/mol. The first kappa shape index (κ1) is 32.6. The zero-order valence-electron chi connectivity index (χ0n) is 26.4. The van der Waals surface area contributed by atoms with Gasteiger partial charge in [-0.15, -0.1) is 0 Å². The van der Waals surface area contributed by atoms with Crippen LogP contribution in [0.25, 0.3) is 11.3 Å². The Hall–Kier alpha value is -3.74. The maximum Gasteiger partial charge on any atom is 0.410 e. The molecule has 2 saturated heterocycles. The predicted molar refractivity (Wildman–Crippen MR) is 171 cm³/mol. The molecule has 12 heteroatoms. The molecule has 2 aromatic carbocycles. The molecule has 1 unspecified atom stereocenters. The Balaban J connectivity index is 1.47. The second-order valence-corrected chi connectivity index (χ2v) is 15.1. The van der Waals surface area contributed by atoms with Crippen LogP contribution in [0.15, 0.2) is 67.0 Å². The molecular formula is C33H43N5O6S. The number of carbonyl (C=O) groups excluding carboxylic acids is 2. The van der Waals surface area contributed by atoms with Gasteiger partial charge in [-0.25, -0.2) is 18.2 Å². The first-order valence-corrected chi connectivity index (χ1v) is 17.2. The number of β-amino-alcohol motifs (C(OH)–C–C–N with tert-alkyl or cyclic N) is 1. The van der Waals surface area contributed by atoms with Crippen molar-refractivity contribution in [1.29, 1.82) is 0 Å². The number of nitrogens with zero attached hydrogens (tertiary/aromatic N) is 5. The fraction of sp³-hybridized carbons (Fsp3) is 0.485. The van der Waals surface area contributed by atoms with E-state index in [9.17, 15) is 23.1 Å². The standard InChI is InChI=1S/C33H43N5O6S/c1-32(2,3)44-31(40)35-18-19-38(27(21-35)20-25-12-7-5-8-13-25)30(39)28-29(26-14-9-6-10-15-26)36(24-34-28)22-33(41)16-11-17-37(23-33)45(4,42)43/h5-10,12-15,24,27,41H,11,16-23H2,1-4H3/t27-,33?/m1/s1. The van der Waals surface area contributed by atoms with Crippen LogP contribution in [0.5, 0.6) is 0 Å². The van der Waals surface area contributed by atoms with Crippen molar-refractivity contribution in [2.45, 2.75) is 63.8 Å². The number of carbonyl (C=O) groups is 2. The van der Waals surface area contributed by atoms with Gasteiger partial charge in [0.1, 0.15) is 5.60 Å². The van der Waals surface area contributed by atoms with Gasteiger partial charge < -0.3 is 24.2 Å². The highest BCUT2D eigenvalue weighted by Crippen LogP contribution is 2.31. The Kier molecular flexibility index (Phi) is 9.39. The number of aliphatic hydroxyl groups is 1. The third-order valence-corrected chi connectivity index (χ3v) is 9.50. The first-order chi connectivity index (χ1) is 21.2. The monoisotopic (exact) mass is 637 g/mol. The van der Waals surface area contributed by atoms with Gasteiger partial charge in [-0.2, -0.15) is 4.31 Å². The molecule has 0 radical (unpaired) electrons. The number of amides is 2. The molecule has 242 valence electrons. The lowest BCUT2D eigenvalue weighted by Gasteiger charge is -2.41. The lowest BCUT2D eigenvalue weighted by molar-refractivity contribution is -0.0214. The van der Waals surface area contributed by atoms with E-state index < -0.39 is 27.3 Å². The van der Waals surface area contributed by atoms with Gasteiger partial charge in [0.25, 0.3) is 5.91 Å². The summed E-state index contributed by atoms with van der Waals surface area (Å²) >= 11 is 0. The molecule has 0 spiro atoms. The number of sulfonamides is 1. The van der Waals surface area contributed by atoms with Crippen molar-refractivity contribution in [1.82, 2.24) is 23.7 Å². The van der Waals surface area contributed by atoms with Crippen molar-refractivity contribution in [3.05, 3.63) is 78.2 Å². The topological polar surface area (TPSA) is 125 Å². The van der Waals surface area contributed by atoms with Crippen LogP contribution in [0.2, 0.25) is 0 Å². The fourth-order valence-electron chi connectivity index (χ4n) is 6.17. The molecule has 3 aromatic rings. The summed E-state index contributed by atoms with van der Waals surface area (Å²) in [7, 11) is -3.48. The minimum Gasteiger partial charge on any atom is -0.444 e. The maximum atomic E-state index is 14.4. The van der Waals surface area contributed by atoms with Gasteiger partial charge >= 0.3 is 6.09 Å². The van der Waals surface area contributed by atoms with E-state index in [4.69, 9.17) is 4.74 Å².